The summed E-state index contributed by atoms with van der Waals surface area (Å²) >= 11 is 0. The fourth-order valence-corrected chi connectivity index (χ4v) is 7.39. The molecule has 0 spiro atoms. The first-order valence-electron chi connectivity index (χ1n) is 18.4. The molecule has 8 aromatic carbocycles. The van der Waals surface area contributed by atoms with Gasteiger partial charge in [0.15, 0.2) is 17.5 Å². The lowest BCUT2D eigenvalue weighted by Gasteiger charge is -2.11. The quantitative estimate of drug-likeness (QED) is 0.166. The SMILES string of the molecule is c1ccc(-c2cccc(-c3nc(-c4ccccc4)nc(-c4cccc(-c5ccc(-c6cccc7c6oc6c(-c8ccccc8)cccc67)cc5)c4)n3)c2)cc1. The van der Waals surface area contributed by atoms with Crippen molar-refractivity contribution in [2.75, 3.05) is 0 Å². The molecule has 0 bridgehead atoms. The van der Waals surface area contributed by atoms with Crippen molar-refractivity contribution in [2.24, 2.45) is 0 Å². The van der Waals surface area contributed by atoms with Crippen molar-refractivity contribution in [2.45, 2.75) is 0 Å². The van der Waals surface area contributed by atoms with Crippen LogP contribution in [0.25, 0.3) is 101 Å². The Labute approximate surface area is 319 Å². The Kier molecular flexibility index (Phi) is 8.12. The van der Waals surface area contributed by atoms with Gasteiger partial charge >= 0.3 is 0 Å². The summed E-state index contributed by atoms with van der Waals surface area (Å²) < 4.78 is 6.70. The van der Waals surface area contributed by atoms with Crippen LogP contribution in [0.4, 0.5) is 0 Å². The highest BCUT2D eigenvalue weighted by molar-refractivity contribution is 6.13. The van der Waals surface area contributed by atoms with Crippen molar-refractivity contribution in [3.8, 4) is 78.7 Å². The number of aromatic nitrogens is 3. The van der Waals surface area contributed by atoms with E-state index < -0.39 is 0 Å². The third-order valence-corrected chi connectivity index (χ3v) is 10.2. The Balaban J connectivity index is 1.01. The highest BCUT2D eigenvalue weighted by atomic mass is 16.3. The van der Waals surface area contributed by atoms with E-state index in [0.717, 1.165) is 83.1 Å². The van der Waals surface area contributed by atoms with Crippen LogP contribution in [0.3, 0.4) is 0 Å². The normalized spacial score (nSPS) is 11.3. The predicted molar refractivity (Wildman–Crippen MR) is 225 cm³/mol. The van der Waals surface area contributed by atoms with Crippen molar-refractivity contribution >= 4 is 21.9 Å². The number of hydrogen-bond donors (Lipinski definition) is 0. The second-order valence-electron chi connectivity index (χ2n) is 13.6. The third-order valence-electron chi connectivity index (χ3n) is 10.2. The van der Waals surface area contributed by atoms with E-state index in [0.29, 0.717) is 17.5 Å². The second-order valence-corrected chi connectivity index (χ2v) is 13.6. The van der Waals surface area contributed by atoms with E-state index in [1.807, 2.05) is 42.5 Å². The largest absolute Gasteiger partial charge is 0.455 e. The number of benzene rings is 8. The van der Waals surface area contributed by atoms with Crippen molar-refractivity contribution < 1.29 is 4.42 Å². The number of rotatable bonds is 7. The molecule has 2 heterocycles. The maximum absolute atomic E-state index is 6.70. The van der Waals surface area contributed by atoms with Gasteiger partial charge < -0.3 is 4.42 Å². The first-order chi connectivity index (χ1) is 27.2. The monoisotopic (exact) mass is 703 g/mol. The van der Waals surface area contributed by atoms with Gasteiger partial charge in [-0.15, -0.1) is 0 Å². The highest BCUT2D eigenvalue weighted by Gasteiger charge is 2.17. The molecule has 0 amide bonds. The summed E-state index contributed by atoms with van der Waals surface area (Å²) in [5.41, 5.74) is 13.4. The van der Waals surface area contributed by atoms with Crippen LogP contribution in [0.5, 0.6) is 0 Å². The molecule has 10 aromatic rings. The van der Waals surface area contributed by atoms with Gasteiger partial charge in [0.1, 0.15) is 11.2 Å². The Hall–Kier alpha value is -7.43. The summed E-state index contributed by atoms with van der Waals surface area (Å²) in [5, 5.41) is 2.23. The fraction of sp³-hybridized carbons (Fsp3) is 0. The minimum atomic E-state index is 0.624. The molecule has 4 nitrogen and oxygen atoms in total. The summed E-state index contributed by atoms with van der Waals surface area (Å²) in [6.45, 7) is 0. The Morgan fingerprint density at radius 2 is 0.600 bits per heavy atom. The molecule has 0 aliphatic carbocycles. The van der Waals surface area contributed by atoms with Crippen LogP contribution < -0.4 is 0 Å². The van der Waals surface area contributed by atoms with E-state index in [9.17, 15) is 0 Å². The van der Waals surface area contributed by atoms with Crippen LogP contribution in [0.2, 0.25) is 0 Å². The average molecular weight is 704 g/mol. The molecule has 0 fully saturated rings. The fourth-order valence-electron chi connectivity index (χ4n) is 7.39. The number of para-hydroxylation sites is 2. The number of nitrogens with zero attached hydrogens (tertiary/aromatic N) is 3. The van der Waals surface area contributed by atoms with Gasteiger partial charge in [0, 0.05) is 38.6 Å². The van der Waals surface area contributed by atoms with Crippen molar-refractivity contribution in [1.29, 1.82) is 0 Å². The number of fused-ring (bicyclic) bond motifs is 3. The topological polar surface area (TPSA) is 51.8 Å². The summed E-state index contributed by atoms with van der Waals surface area (Å²) in [5.74, 6) is 1.89. The molecule has 0 unspecified atom stereocenters. The minimum Gasteiger partial charge on any atom is -0.455 e. The van der Waals surface area contributed by atoms with Gasteiger partial charge in [-0.05, 0) is 45.5 Å². The van der Waals surface area contributed by atoms with Gasteiger partial charge in [-0.2, -0.15) is 0 Å². The van der Waals surface area contributed by atoms with Gasteiger partial charge in [0.25, 0.3) is 0 Å². The second kappa shape index (κ2) is 13.8. The molecule has 4 heteroatoms. The third kappa shape index (κ3) is 6.16. The van der Waals surface area contributed by atoms with Crippen LogP contribution in [0.1, 0.15) is 0 Å². The first-order valence-corrected chi connectivity index (χ1v) is 18.4. The van der Waals surface area contributed by atoms with E-state index in [4.69, 9.17) is 19.4 Å². The predicted octanol–water partition coefficient (Wildman–Crippen LogP) is 13.4. The summed E-state index contributed by atoms with van der Waals surface area (Å²) in [4.78, 5) is 15.0. The van der Waals surface area contributed by atoms with E-state index in [-0.39, 0.29) is 0 Å². The summed E-state index contributed by atoms with van der Waals surface area (Å²) in [6, 6.07) is 69.2. The molecular weight excluding hydrogens is 671 g/mol. The number of hydrogen-bond acceptors (Lipinski definition) is 4. The van der Waals surface area contributed by atoms with Crippen LogP contribution in [0.15, 0.2) is 205 Å². The Morgan fingerprint density at radius 3 is 1.11 bits per heavy atom. The first kappa shape index (κ1) is 32.2. The Bertz CT molecular complexity index is 2950. The maximum Gasteiger partial charge on any atom is 0.164 e. The van der Waals surface area contributed by atoms with E-state index >= 15 is 0 Å². The lowest BCUT2D eigenvalue weighted by molar-refractivity contribution is 0.671. The zero-order valence-electron chi connectivity index (χ0n) is 29.8. The average Bonchev–Trinajstić information content (AvgIpc) is 3.67. The molecule has 10 rings (SSSR count). The van der Waals surface area contributed by atoms with Gasteiger partial charge in [0.2, 0.25) is 0 Å². The molecular formula is C51H33N3O. The zero-order valence-corrected chi connectivity index (χ0v) is 29.8. The summed E-state index contributed by atoms with van der Waals surface area (Å²) in [6.07, 6.45) is 0. The lowest BCUT2D eigenvalue weighted by Crippen LogP contribution is -2.00. The molecule has 0 aliphatic rings. The molecule has 2 aromatic heterocycles. The van der Waals surface area contributed by atoms with E-state index in [2.05, 4.69) is 158 Å². The molecule has 0 atom stereocenters. The van der Waals surface area contributed by atoms with Gasteiger partial charge in [-0.3, -0.25) is 0 Å². The molecule has 0 aliphatic heterocycles. The van der Waals surface area contributed by atoms with Gasteiger partial charge in [-0.1, -0.05) is 188 Å². The van der Waals surface area contributed by atoms with Crippen LogP contribution in [-0.2, 0) is 0 Å². The molecule has 55 heavy (non-hydrogen) atoms. The van der Waals surface area contributed by atoms with Gasteiger partial charge in [-0.25, -0.2) is 15.0 Å². The van der Waals surface area contributed by atoms with E-state index in [1.165, 1.54) is 0 Å². The highest BCUT2D eigenvalue weighted by Crippen LogP contribution is 2.40. The lowest BCUT2D eigenvalue weighted by atomic mass is 9.97. The molecule has 0 saturated heterocycles. The minimum absolute atomic E-state index is 0.624. The zero-order chi connectivity index (χ0) is 36.6. The smallest absolute Gasteiger partial charge is 0.164 e. The van der Waals surface area contributed by atoms with Crippen LogP contribution in [-0.4, -0.2) is 15.0 Å². The van der Waals surface area contributed by atoms with Crippen molar-refractivity contribution in [3.05, 3.63) is 200 Å². The van der Waals surface area contributed by atoms with E-state index in [1.54, 1.807) is 0 Å². The molecule has 0 N–H and O–H groups in total. The molecule has 0 radical (unpaired) electrons. The molecule has 0 saturated carbocycles. The standard InChI is InChI=1S/C51H33N3O/c1-4-14-34(15-5-1)39-20-10-22-41(32-39)50-52-49(38-18-8-3-9-19-38)53-51(54-50)42-23-11-21-40(33-42)35-28-30-37(31-29-35)44-25-13-27-46-45-26-12-24-43(47(45)55-48(44)46)36-16-6-2-7-17-36/h1-33H. The summed E-state index contributed by atoms with van der Waals surface area (Å²) in [7, 11) is 0. The van der Waals surface area contributed by atoms with Crippen LogP contribution >= 0.6 is 0 Å². The van der Waals surface area contributed by atoms with Crippen molar-refractivity contribution in [1.82, 2.24) is 15.0 Å². The van der Waals surface area contributed by atoms with Crippen LogP contribution in [0, 0.1) is 0 Å². The Morgan fingerprint density at radius 1 is 0.255 bits per heavy atom. The molecule has 258 valence electrons. The van der Waals surface area contributed by atoms with Crippen molar-refractivity contribution in [3.63, 3.8) is 0 Å². The number of furan rings is 1. The van der Waals surface area contributed by atoms with Gasteiger partial charge in [0.05, 0.1) is 0 Å². The maximum atomic E-state index is 6.70.